The van der Waals surface area contributed by atoms with Crippen LogP contribution in [-0.4, -0.2) is 47.3 Å². The summed E-state index contributed by atoms with van der Waals surface area (Å²) < 4.78 is 0. The topological polar surface area (TPSA) is 105 Å². The summed E-state index contributed by atoms with van der Waals surface area (Å²) in [4.78, 5) is 36.9. The number of anilines is 1. The Morgan fingerprint density at radius 2 is 2.00 bits per heavy atom. The fourth-order valence-corrected chi connectivity index (χ4v) is 3.21. The summed E-state index contributed by atoms with van der Waals surface area (Å²) in [5, 5.41) is 17.0. The standard InChI is InChI=1S/C18H24N4O4/c23-17(9-10-19-15-5-1-2-6-16(15)22(25)26)21-11-3-4-13(12-21)18(24)20-14-7-8-14/h1-2,5-6,13-14,19H,3-4,7-12H2,(H,20,24). The molecule has 8 nitrogen and oxygen atoms in total. The number of carbonyl (C=O) groups excluding carboxylic acids is 2. The van der Waals surface area contributed by atoms with E-state index in [1.807, 2.05) is 0 Å². The number of rotatable bonds is 7. The number of carbonyl (C=O) groups is 2. The average Bonchev–Trinajstić information content (AvgIpc) is 3.46. The SMILES string of the molecule is O=C(NC1CC1)C1CCCN(C(=O)CCNc2ccccc2[N+](=O)[O-])C1. The maximum atomic E-state index is 12.4. The zero-order valence-electron chi connectivity index (χ0n) is 14.6. The number of nitrogens with one attached hydrogen (secondary N) is 2. The van der Waals surface area contributed by atoms with Crippen molar-refractivity contribution in [3.63, 3.8) is 0 Å². The van der Waals surface area contributed by atoms with Gasteiger partial charge in [-0.1, -0.05) is 12.1 Å². The fraction of sp³-hybridized carbons (Fsp3) is 0.556. The third-order valence-corrected chi connectivity index (χ3v) is 4.82. The molecule has 1 atom stereocenters. The minimum atomic E-state index is -0.447. The Hall–Kier alpha value is -2.64. The van der Waals surface area contributed by atoms with Gasteiger partial charge in [-0.15, -0.1) is 0 Å². The van der Waals surface area contributed by atoms with E-state index in [2.05, 4.69) is 10.6 Å². The molecular weight excluding hydrogens is 336 g/mol. The number of amides is 2. The van der Waals surface area contributed by atoms with Gasteiger partial charge in [0.05, 0.1) is 10.8 Å². The van der Waals surface area contributed by atoms with Crippen LogP contribution < -0.4 is 10.6 Å². The maximum Gasteiger partial charge on any atom is 0.292 e. The summed E-state index contributed by atoms with van der Waals surface area (Å²) in [5.41, 5.74) is 0.403. The molecule has 0 bridgehead atoms. The van der Waals surface area contributed by atoms with Gasteiger partial charge in [-0.3, -0.25) is 19.7 Å². The Morgan fingerprint density at radius 1 is 1.23 bits per heavy atom. The van der Waals surface area contributed by atoms with E-state index in [0.717, 1.165) is 25.7 Å². The van der Waals surface area contributed by atoms with Crippen LogP contribution in [0, 0.1) is 16.0 Å². The van der Waals surface area contributed by atoms with Crippen LogP contribution in [0.4, 0.5) is 11.4 Å². The average molecular weight is 360 g/mol. The molecule has 2 N–H and O–H groups in total. The molecule has 1 saturated heterocycles. The molecule has 140 valence electrons. The quantitative estimate of drug-likeness (QED) is 0.571. The third kappa shape index (κ3) is 4.71. The van der Waals surface area contributed by atoms with Gasteiger partial charge >= 0.3 is 0 Å². The number of para-hydroxylation sites is 2. The van der Waals surface area contributed by atoms with E-state index in [9.17, 15) is 19.7 Å². The lowest BCUT2D eigenvalue weighted by atomic mass is 9.97. The molecule has 1 heterocycles. The smallest absolute Gasteiger partial charge is 0.292 e. The lowest BCUT2D eigenvalue weighted by Crippen LogP contribution is -2.46. The molecule has 26 heavy (non-hydrogen) atoms. The summed E-state index contributed by atoms with van der Waals surface area (Å²) in [6, 6.07) is 6.71. The lowest BCUT2D eigenvalue weighted by Gasteiger charge is -2.32. The van der Waals surface area contributed by atoms with Gasteiger partial charge in [0.25, 0.3) is 5.69 Å². The first-order chi connectivity index (χ1) is 12.5. The Morgan fingerprint density at radius 3 is 2.73 bits per heavy atom. The predicted molar refractivity (Wildman–Crippen MR) is 96.7 cm³/mol. The number of piperidine rings is 1. The first-order valence-corrected chi connectivity index (χ1v) is 9.10. The summed E-state index contributed by atoms with van der Waals surface area (Å²) in [6.45, 7) is 1.44. The van der Waals surface area contributed by atoms with Crippen molar-refractivity contribution in [3.8, 4) is 0 Å². The van der Waals surface area contributed by atoms with Crippen LogP contribution in [-0.2, 0) is 9.59 Å². The number of nitro groups is 1. The highest BCUT2D eigenvalue weighted by Crippen LogP contribution is 2.24. The zero-order chi connectivity index (χ0) is 18.5. The Kier molecular flexibility index (Phi) is 5.70. The van der Waals surface area contributed by atoms with Gasteiger partial charge in [-0.2, -0.15) is 0 Å². The molecule has 1 aliphatic heterocycles. The zero-order valence-corrected chi connectivity index (χ0v) is 14.6. The molecule has 8 heteroatoms. The third-order valence-electron chi connectivity index (χ3n) is 4.82. The van der Waals surface area contributed by atoms with Crippen molar-refractivity contribution in [1.29, 1.82) is 0 Å². The highest BCUT2D eigenvalue weighted by Gasteiger charge is 2.31. The summed E-state index contributed by atoms with van der Waals surface area (Å²) >= 11 is 0. The molecule has 3 rings (SSSR count). The molecule has 2 aliphatic rings. The number of hydrogen-bond acceptors (Lipinski definition) is 5. The highest BCUT2D eigenvalue weighted by molar-refractivity contribution is 5.82. The van der Waals surface area contributed by atoms with Crippen molar-refractivity contribution in [3.05, 3.63) is 34.4 Å². The highest BCUT2D eigenvalue weighted by atomic mass is 16.6. The second kappa shape index (κ2) is 8.16. The van der Waals surface area contributed by atoms with Gasteiger partial charge in [0.15, 0.2) is 0 Å². The van der Waals surface area contributed by atoms with Crippen molar-refractivity contribution in [2.45, 2.75) is 38.1 Å². The van der Waals surface area contributed by atoms with Gasteiger partial charge in [0.1, 0.15) is 5.69 Å². The van der Waals surface area contributed by atoms with Gasteiger partial charge in [-0.05, 0) is 31.7 Å². The molecule has 1 aliphatic carbocycles. The molecule has 1 unspecified atom stereocenters. The monoisotopic (exact) mass is 360 g/mol. The molecule has 2 amide bonds. The number of benzene rings is 1. The van der Waals surface area contributed by atoms with Gasteiger partial charge in [0, 0.05) is 38.2 Å². The Labute approximate surface area is 152 Å². The van der Waals surface area contributed by atoms with Crippen molar-refractivity contribution in [1.82, 2.24) is 10.2 Å². The van der Waals surface area contributed by atoms with Crippen LogP contribution in [0.3, 0.4) is 0 Å². The van der Waals surface area contributed by atoms with Gasteiger partial charge in [0.2, 0.25) is 11.8 Å². The van der Waals surface area contributed by atoms with Crippen LogP contribution in [0.1, 0.15) is 32.1 Å². The van der Waals surface area contributed by atoms with Crippen molar-refractivity contribution in [2.75, 3.05) is 25.0 Å². The van der Waals surface area contributed by atoms with E-state index in [4.69, 9.17) is 0 Å². The minimum Gasteiger partial charge on any atom is -0.379 e. The summed E-state index contributed by atoms with van der Waals surface area (Å²) in [5.74, 6) is -0.0977. The van der Waals surface area contributed by atoms with Gasteiger partial charge < -0.3 is 15.5 Å². The second-order valence-corrected chi connectivity index (χ2v) is 6.91. The maximum absolute atomic E-state index is 12.4. The van der Waals surface area contributed by atoms with Crippen molar-refractivity contribution in [2.24, 2.45) is 5.92 Å². The molecule has 2 fully saturated rings. The lowest BCUT2D eigenvalue weighted by molar-refractivity contribution is -0.384. The van der Waals surface area contributed by atoms with E-state index in [0.29, 0.717) is 31.4 Å². The van der Waals surface area contributed by atoms with E-state index in [1.54, 1.807) is 23.1 Å². The molecule has 0 radical (unpaired) electrons. The number of hydrogen-bond donors (Lipinski definition) is 2. The Balaban J connectivity index is 1.47. The van der Waals surface area contributed by atoms with Crippen molar-refractivity contribution >= 4 is 23.2 Å². The molecule has 1 aromatic carbocycles. The number of likely N-dealkylation sites (tertiary alicyclic amines) is 1. The van der Waals surface area contributed by atoms with Crippen LogP contribution in [0.15, 0.2) is 24.3 Å². The van der Waals surface area contributed by atoms with E-state index < -0.39 is 4.92 Å². The summed E-state index contributed by atoms with van der Waals surface area (Å²) in [6.07, 6.45) is 3.99. The predicted octanol–water partition coefficient (Wildman–Crippen LogP) is 1.91. The number of nitro benzene ring substituents is 1. The molecular formula is C18H24N4O4. The fourth-order valence-electron chi connectivity index (χ4n) is 3.21. The molecule has 0 aromatic heterocycles. The first kappa shape index (κ1) is 18.2. The van der Waals surface area contributed by atoms with Crippen LogP contribution in [0.2, 0.25) is 0 Å². The molecule has 0 spiro atoms. The van der Waals surface area contributed by atoms with E-state index in [-0.39, 0.29) is 29.8 Å². The second-order valence-electron chi connectivity index (χ2n) is 6.91. The normalized spacial score (nSPS) is 19.7. The first-order valence-electron chi connectivity index (χ1n) is 9.10. The van der Waals surface area contributed by atoms with E-state index >= 15 is 0 Å². The molecule has 1 aromatic rings. The van der Waals surface area contributed by atoms with Crippen LogP contribution in [0.5, 0.6) is 0 Å². The molecule has 1 saturated carbocycles. The Bertz CT molecular complexity index is 690. The minimum absolute atomic E-state index is 0.00488. The number of nitrogens with zero attached hydrogens (tertiary/aromatic N) is 2. The van der Waals surface area contributed by atoms with E-state index in [1.165, 1.54) is 6.07 Å². The summed E-state index contributed by atoms with van der Waals surface area (Å²) in [7, 11) is 0. The van der Waals surface area contributed by atoms with Gasteiger partial charge in [-0.25, -0.2) is 0 Å². The largest absolute Gasteiger partial charge is 0.379 e. The van der Waals surface area contributed by atoms with Crippen LogP contribution in [0.25, 0.3) is 0 Å². The van der Waals surface area contributed by atoms with Crippen molar-refractivity contribution < 1.29 is 14.5 Å². The van der Waals surface area contributed by atoms with Crippen LogP contribution >= 0.6 is 0 Å².